The number of thiocarbonyl (C=S) groups is 1. The summed E-state index contributed by atoms with van der Waals surface area (Å²) in [6, 6.07) is 8.27. The number of carbonyl (C=O) groups is 1. The fourth-order valence-electron chi connectivity index (χ4n) is 3.21. The maximum Gasteiger partial charge on any atom is 0.257 e. The lowest BCUT2D eigenvalue weighted by Crippen LogP contribution is -2.33. The molecule has 0 bridgehead atoms. The standard InChI is InChI=1S/C17H18N4OS2/c1-10-4-6-12(7-5-10)16-21-14(9-24-16)15(22)20(17(21)23)13-8-18-19(3)11(13)2/h4-8,14,16H,9H2,1-3H3/t14-,16+/m1/s1. The summed E-state index contributed by atoms with van der Waals surface area (Å²) in [5.41, 5.74) is 4.14. The Morgan fingerprint density at radius 1 is 1.25 bits per heavy atom. The van der Waals surface area contributed by atoms with Crippen molar-refractivity contribution in [3.05, 3.63) is 47.3 Å². The summed E-state index contributed by atoms with van der Waals surface area (Å²) in [7, 11) is 1.87. The molecule has 2 aliphatic heterocycles. The number of aryl methyl sites for hydroxylation is 2. The molecule has 0 unspecified atom stereocenters. The van der Waals surface area contributed by atoms with Gasteiger partial charge in [0.15, 0.2) is 5.11 Å². The maximum absolute atomic E-state index is 12.9. The number of hydrogen-bond donors (Lipinski definition) is 0. The summed E-state index contributed by atoms with van der Waals surface area (Å²) in [5.74, 6) is 0.811. The van der Waals surface area contributed by atoms with Gasteiger partial charge in [0, 0.05) is 12.8 Å². The van der Waals surface area contributed by atoms with E-state index in [9.17, 15) is 4.79 Å². The highest BCUT2D eigenvalue weighted by molar-refractivity contribution is 7.99. The van der Waals surface area contributed by atoms with E-state index < -0.39 is 0 Å². The molecular formula is C17H18N4OS2. The van der Waals surface area contributed by atoms with Gasteiger partial charge in [0.1, 0.15) is 11.4 Å². The largest absolute Gasteiger partial charge is 0.319 e. The van der Waals surface area contributed by atoms with Crippen LogP contribution in [-0.4, -0.2) is 37.5 Å². The van der Waals surface area contributed by atoms with Gasteiger partial charge in [-0.1, -0.05) is 29.8 Å². The highest BCUT2D eigenvalue weighted by Crippen LogP contribution is 2.46. The number of benzene rings is 1. The number of carbonyl (C=O) groups excluding carboxylic acids is 1. The predicted octanol–water partition coefficient (Wildman–Crippen LogP) is 2.78. The van der Waals surface area contributed by atoms with Crippen LogP contribution in [0, 0.1) is 13.8 Å². The van der Waals surface area contributed by atoms with Crippen molar-refractivity contribution < 1.29 is 4.79 Å². The molecule has 0 spiro atoms. The van der Waals surface area contributed by atoms with Crippen LogP contribution in [0.1, 0.15) is 22.2 Å². The van der Waals surface area contributed by atoms with E-state index in [1.165, 1.54) is 11.1 Å². The van der Waals surface area contributed by atoms with Crippen molar-refractivity contribution in [2.24, 2.45) is 7.05 Å². The molecule has 1 aromatic carbocycles. The van der Waals surface area contributed by atoms with Crippen LogP contribution in [0.3, 0.4) is 0 Å². The highest BCUT2D eigenvalue weighted by Gasteiger charge is 2.51. The van der Waals surface area contributed by atoms with E-state index in [2.05, 4.69) is 41.2 Å². The van der Waals surface area contributed by atoms with Crippen LogP contribution >= 0.6 is 24.0 Å². The third kappa shape index (κ3) is 2.18. The molecule has 2 saturated heterocycles. The van der Waals surface area contributed by atoms with Gasteiger partial charge in [-0.3, -0.25) is 14.4 Å². The molecule has 24 heavy (non-hydrogen) atoms. The minimum atomic E-state index is -0.187. The maximum atomic E-state index is 12.9. The Labute approximate surface area is 150 Å². The fourth-order valence-corrected chi connectivity index (χ4v) is 5.12. The smallest absolute Gasteiger partial charge is 0.257 e. The van der Waals surface area contributed by atoms with Gasteiger partial charge >= 0.3 is 0 Å². The molecule has 1 aromatic heterocycles. The molecule has 5 nitrogen and oxygen atoms in total. The molecule has 2 aromatic rings. The van der Waals surface area contributed by atoms with Crippen LogP contribution in [0.15, 0.2) is 30.5 Å². The van der Waals surface area contributed by atoms with E-state index in [-0.39, 0.29) is 17.3 Å². The zero-order valence-corrected chi connectivity index (χ0v) is 15.4. The molecule has 0 radical (unpaired) electrons. The van der Waals surface area contributed by atoms with Gasteiger partial charge in [0.05, 0.1) is 17.6 Å². The molecule has 2 aliphatic rings. The van der Waals surface area contributed by atoms with Crippen molar-refractivity contribution in [1.82, 2.24) is 14.7 Å². The van der Waals surface area contributed by atoms with Crippen molar-refractivity contribution in [2.75, 3.05) is 10.7 Å². The van der Waals surface area contributed by atoms with Gasteiger partial charge in [-0.05, 0) is 31.6 Å². The quantitative estimate of drug-likeness (QED) is 0.772. The summed E-state index contributed by atoms with van der Waals surface area (Å²) < 4.78 is 1.76. The van der Waals surface area contributed by atoms with Gasteiger partial charge < -0.3 is 4.90 Å². The lowest BCUT2D eigenvalue weighted by Gasteiger charge is -2.25. The van der Waals surface area contributed by atoms with E-state index in [4.69, 9.17) is 12.2 Å². The predicted molar refractivity (Wildman–Crippen MR) is 100 cm³/mol. The zero-order valence-electron chi connectivity index (χ0n) is 13.8. The Hall–Kier alpha value is -1.86. The first-order valence-electron chi connectivity index (χ1n) is 7.82. The monoisotopic (exact) mass is 358 g/mol. The zero-order chi connectivity index (χ0) is 17.0. The van der Waals surface area contributed by atoms with Crippen molar-refractivity contribution in [3.63, 3.8) is 0 Å². The fraction of sp³-hybridized carbons (Fsp3) is 0.353. The van der Waals surface area contributed by atoms with Crippen molar-refractivity contribution in [3.8, 4) is 0 Å². The Balaban J connectivity index is 1.70. The Kier molecular flexibility index (Phi) is 3.65. The minimum absolute atomic E-state index is 0.0539. The third-order valence-electron chi connectivity index (χ3n) is 4.73. The van der Waals surface area contributed by atoms with Crippen LogP contribution in [0.25, 0.3) is 0 Å². The number of aromatic nitrogens is 2. The Morgan fingerprint density at radius 3 is 2.58 bits per heavy atom. The topological polar surface area (TPSA) is 41.4 Å². The number of fused-ring (bicyclic) bond motifs is 1. The average Bonchev–Trinajstić information content (AvgIpc) is 3.20. The highest BCUT2D eigenvalue weighted by atomic mass is 32.2. The summed E-state index contributed by atoms with van der Waals surface area (Å²) in [6.07, 6.45) is 1.72. The molecule has 0 saturated carbocycles. The SMILES string of the molecule is Cc1ccc([C@@H]2SC[C@@H]3C(=O)N(c4cnn(C)c4C)C(=S)N32)cc1. The first-order valence-corrected chi connectivity index (χ1v) is 9.28. The van der Waals surface area contributed by atoms with Gasteiger partial charge in [0.25, 0.3) is 5.91 Å². The van der Waals surface area contributed by atoms with Gasteiger partial charge in [-0.15, -0.1) is 11.8 Å². The molecule has 7 heteroatoms. The first-order chi connectivity index (χ1) is 11.5. The van der Waals surface area contributed by atoms with Crippen molar-refractivity contribution >= 4 is 40.7 Å². The van der Waals surface area contributed by atoms with E-state index in [1.54, 1.807) is 27.5 Å². The molecule has 1 amide bonds. The van der Waals surface area contributed by atoms with E-state index in [1.807, 2.05) is 14.0 Å². The number of hydrogen-bond acceptors (Lipinski definition) is 4. The molecule has 0 N–H and O–H groups in total. The van der Waals surface area contributed by atoms with Gasteiger partial charge in [-0.2, -0.15) is 5.10 Å². The molecule has 4 rings (SSSR count). The van der Waals surface area contributed by atoms with Crippen LogP contribution in [0.4, 0.5) is 5.69 Å². The molecule has 3 heterocycles. The van der Waals surface area contributed by atoms with Crippen molar-refractivity contribution in [2.45, 2.75) is 25.3 Å². The average molecular weight is 358 g/mol. The number of nitrogens with zero attached hydrogens (tertiary/aromatic N) is 4. The number of rotatable bonds is 2. The summed E-state index contributed by atoms with van der Waals surface area (Å²) in [5, 5.41) is 4.92. The van der Waals surface area contributed by atoms with Gasteiger partial charge in [0.2, 0.25) is 0 Å². The number of thioether (sulfide) groups is 1. The second-order valence-electron chi connectivity index (χ2n) is 6.21. The summed E-state index contributed by atoms with van der Waals surface area (Å²) in [6.45, 7) is 4.03. The Morgan fingerprint density at radius 2 is 1.96 bits per heavy atom. The second-order valence-corrected chi connectivity index (χ2v) is 7.69. The van der Waals surface area contributed by atoms with Crippen LogP contribution < -0.4 is 4.90 Å². The first kappa shape index (κ1) is 15.7. The minimum Gasteiger partial charge on any atom is -0.319 e. The summed E-state index contributed by atoms with van der Waals surface area (Å²) in [4.78, 5) is 16.7. The Bertz CT molecular complexity index is 830. The second kappa shape index (κ2) is 5.60. The lowest BCUT2D eigenvalue weighted by atomic mass is 10.1. The number of amides is 1. The molecular weight excluding hydrogens is 340 g/mol. The normalized spacial score (nSPS) is 23.3. The van der Waals surface area contributed by atoms with E-state index >= 15 is 0 Å². The summed E-state index contributed by atoms with van der Waals surface area (Å²) >= 11 is 7.47. The molecule has 0 aliphatic carbocycles. The molecule has 2 fully saturated rings. The van der Waals surface area contributed by atoms with Gasteiger partial charge in [-0.25, -0.2) is 0 Å². The third-order valence-corrected chi connectivity index (χ3v) is 6.45. The van der Waals surface area contributed by atoms with Crippen LogP contribution in [0.2, 0.25) is 0 Å². The molecule has 124 valence electrons. The van der Waals surface area contributed by atoms with Crippen molar-refractivity contribution in [1.29, 1.82) is 0 Å². The number of anilines is 1. The lowest BCUT2D eigenvalue weighted by molar-refractivity contribution is -0.119. The van der Waals surface area contributed by atoms with E-state index in [0.29, 0.717) is 5.11 Å². The van der Waals surface area contributed by atoms with Crippen LogP contribution in [-0.2, 0) is 11.8 Å². The van der Waals surface area contributed by atoms with E-state index in [0.717, 1.165) is 17.1 Å². The molecule has 2 atom stereocenters. The van der Waals surface area contributed by atoms with Crippen LogP contribution in [0.5, 0.6) is 0 Å².